The molecule has 90 valence electrons. The molecule has 0 saturated heterocycles. The van der Waals surface area contributed by atoms with Crippen LogP contribution in [0.3, 0.4) is 0 Å². The van der Waals surface area contributed by atoms with Crippen LogP contribution in [0.1, 0.15) is 5.69 Å². The molecule has 0 unspecified atom stereocenters. The van der Waals surface area contributed by atoms with Gasteiger partial charge in [0, 0.05) is 18.1 Å². The number of hydrogen-bond donors (Lipinski definition) is 1. The van der Waals surface area contributed by atoms with Crippen molar-refractivity contribution in [3.63, 3.8) is 0 Å². The highest BCUT2D eigenvalue weighted by Crippen LogP contribution is 2.19. The fourth-order valence-electron chi connectivity index (χ4n) is 1.91. The van der Waals surface area contributed by atoms with E-state index < -0.39 is 0 Å². The van der Waals surface area contributed by atoms with Crippen LogP contribution in [0, 0.1) is 6.92 Å². The van der Waals surface area contributed by atoms with E-state index in [0.29, 0.717) is 10.4 Å². The lowest BCUT2D eigenvalue weighted by atomic mass is 10.3. The van der Waals surface area contributed by atoms with Crippen molar-refractivity contribution in [1.29, 1.82) is 0 Å². The maximum Gasteiger partial charge on any atom is 0.266 e. The smallest absolute Gasteiger partial charge is 0.266 e. The number of rotatable bonds is 1. The molecule has 4 nitrogen and oxygen atoms in total. The molecule has 0 amide bonds. The summed E-state index contributed by atoms with van der Waals surface area (Å²) >= 11 is 6.00. The van der Waals surface area contributed by atoms with E-state index in [1.165, 1.54) is 4.57 Å². The zero-order valence-electron chi connectivity index (χ0n) is 9.64. The summed E-state index contributed by atoms with van der Waals surface area (Å²) in [6, 6.07) is 5.54. The van der Waals surface area contributed by atoms with Gasteiger partial charge in [-0.25, -0.2) is 0 Å². The number of aromatic amines is 1. The predicted molar refractivity (Wildman–Crippen MR) is 71.4 cm³/mol. The summed E-state index contributed by atoms with van der Waals surface area (Å²) in [4.78, 5) is 19.5. The lowest BCUT2D eigenvalue weighted by molar-refractivity contribution is 0.987. The fourth-order valence-corrected chi connectivity index (χ4v) is 2.14. The maximum atomic E-state index is 12.3. The average molecular weight is 260 g/mol. The Bertz CT molecular complexity index is 771. The Hall–Kier alpha value is -2.07. The molecule has 3 aromatic heterocycles. The van der Waals surface area contributed by atoms with Crippen LogP contribution in [0.5, 0.6) is 0 Å². The van der Waals surface area contributed by atoms with E-state index in [9.17, 15) is 4.79 Å². The fraction of sp³-hybridized carbons (Fsp3) is 0.0769. The molecule has 0 fully saturated rings. The second kappa shape index (κ2) is 3.99. The molecule has 0 radical (unpaired) electrons. The monoisotopic (exact) mass is 259 g/mol. The number of halogens is 1. The van der Waals surface area contributed by atoms with E-state index in [1.807, 2.05) is 25.1 Å². The normalized spacial score (nSPS) is 11.0. The largest absolute Gasteiger partial charge is 0.360 e. The van der Waals surface area contributed by atoms with E-state index in [0.717, 1.165) is 16.9 Å². The number of fused-ring (bicyclic) bond motifs is 1. The van der Waals surface area contributed by atoms with Crippen LogP contribution >= 0.6 is 11.6 Å². The van der Waals surface area contributed by atoms with Crippen molar-refractivity contribution < 1.29 is 0 Å². The zero-order valence-corrected chi connectivity index (χ0v) is 10.4. The van der Waals surface area contributed by atoms with E-state index in [2.05, 4.69) is 9.97 Å². The van der Waals surface area contributed by atoms with Gasteiger partial charge < -0.3 is 4.98 Å². The van der Waals surface area contributed by atoms with Gasteiger partial charge >= 0.3 is 0 Å². The quantitative estimate of drug-likeness (QED) is 0.730. The number of hydrogen-bond acceptors (Lipinski definition) is 2. The summed E-state index contributed by atoms with van der Waals surface area (Å²) in [7, 11) is 0. The van der Waals surface area contributed by atoms with Gasteiger partial charge in [-0.1, -0.05) is 11.6 Å². The van der Waals surface area contributed by atoms with Crippen molar-refractivity contribution in [3.8, 4) is 5.69 Å². The number of nitrogens with one attached hydrogen (secondary N) is 1. The number of nitrogens with zero attached hydrogens (tertiary/aromatic N) is 2. The highest BCUT2D eigenvalue weighted by Gasteiger charge is 2.09. The Balaban J connectivity index is 2.30. The second-order valence-corrected chi connectivity index (χ2v) is 4.48. The topological polar surface area (TPSA) is 50.7 Å². The predicted octanol–water partition coefficient (Wildman–Crippen LogP) is 2.68. The van der Waals surface area contributed by atoms with Crippen LogP contribution in [-0.2, 0) is 0 Å². The van der Waals surface area contributed by atoms with Gasteiger partial charge in [0.1, 0.15) is 0 Å². The Labute approximate surface area is 108 Å². The van der Waals surface area contributed by atoms with Crippen LogP contribution in [-0.4, -0.2) is 14.5 Å². The molecule has 0 atom stereocenters. The molecule has 0 aliphatic heterocycles. The van der Waals surface area contributed by atoms with Crippen molar-refractivity contribution in [2.45, 2.75) is 6.92 Å². The first-order chi connectivity index (χ1) is 8.66. The summed E-state index contributed by atoms with van der Waals surface area (Å²) in [5.41, 5.74) is 2.23. The van der Waals surface area contributed by atoms with Gasteiger partial charge in [0.2, 0.25) is 0 Å². The minimum atomic E-state index is -0.149. The molecule has 0 spiro atoms. The van der Waals surface area contributed by atoms with Crippen molar-refractivity contribution in [3.05, 3.63) is 57.9 Å². The minimum Gasteiger partial charge on any atom is -0.360 e. The first kappa shape index (κ1) is 11.0. The maximum absolute atomic E-state index is 12.3. The third-order valence-corrected chi connectivity index (χ3v) is 3.16. The lowest BCUT2D eigenvalue weighted by Crippen LogP contribution is -2.17. The van der Waals surface area contributed by atoms with Crippen LogP contribution in [0.25, 0.3) is 16.6 Å². The van der Waals surface area contributed by atoms with Crippen LogP contribution in [0.15, 0.2) is 41.6 Å². The number of pyridine rings is 2. The van der Waals surface area contributed by atoms with Gasteiger partial charge in [-0.2, -0.15) is 0 Å². The van der Waals surface area contributed by atoms with Gasteiger partial charge in [-0.3, -0.25) is 14.3 Å². The van der Waals surface area contributed by atoms with Crippen molar-refractivity contribution in [1.82, 2.24) is 14.5 Å². The molecule has 3 heterocycles. The molecule has 3 rings (SSSR count). The first-order valence-electron chi connectivity index (χ1n) is 5.48. The Morgan fingerprint density at radius 1 is 1.33 bits per heavy atom. The molecular weight excluding hydrogens is 250 g/mol. The first-order valence-corrected chi connectivity index (χ1v) is 5.86. The molecule has 0 aliphatic rings. The number of aromatic nitrogens is 3. The van der Waals surface area contributed by atoms with Crippen LogP contribution in [0.2, 0.25) is 5.02 Å². The van der Waals surface area contributed by atoms with Gasteiger partial charge in [-0.15, -0.1) is 0 Å². The molecule has 0 aromatic carbocycles. The van der Waals surface area contributed by atoms with Crippen LogP contribution in [0.4, 0.5) is 0 Å². The van der Waals surface area contributed by atoms with Gasteiger partial charge in [0.25, 0.3) is 5.56 Å². The van der Waals surface area contributed by atoms with E-state index >= 15 is 0 Å². The molecule has 3 aromatic rings. The summed E-state index contributed by atoms with van der Waals surface area (Å²) in [5, 5.41) is 0.934. The van der Waals surface area contributed by atoms with E-state index in [4.69, 9.17) is 11.6 Å². The highest BCUT2D eigenvalue weighted by atomic mass is 35.5. The molecule has 1 N–H and O–H groups in total. The SMILES string of the molecule is Cc1ccc(-n2ccc3[nH]cc(Cl)c3c2=O)cn1. The number of H-pyrrole nitrogens is 1. The summed E-state index contributed by atoms with van der Waals surface area (Å²) in [6.45, 7) is 1.90. The van der Waals surface area contributed by atoms with Gasteiger partial charge in [0.05, 0.1) is 27.8 Å². The van der Waals surface area contributed by atoms with Crippen molar-refractivity contribution in [2.24, 2.45) is 0 Å². The molecule has 0 bridgehead atoms. The Morgan fingerprint density at radius 2 is 2.17 bits per heavy atom. The molecule has 18 heavy (non-hydrogen) atoms. The van der Waals surface area contributed by atoms with E-state index in [-0.39, 0.29) is 5.56 Å². The third-order valence-electron chi connectivity index (χ3n) is 2.86. The number of aryl methyl sites for hydroxylation is 1. The zero-order chi connectivity index (χ0) is 12.7. The van der Waals surface area contributed by atoms with Crippen molar-refractivity contribution >= 4 is 22.5 Å². The van der Waals surface area contributed by atoms with Gasteiger partial charge in [0.15, 0.2) is 0 Å². The Morgan fingerprint density at radius 3 is 2.89 bits per heavy atom. The third kappa shape index (κ3) is 1.62. The van der Waals surface area contributed by atoms with Gasteiger partial charge in [-0.05, 0) is 25.1 Å². The summed E-state index contributed by atoms with van der Waals surface area (Å²) in [5.74, 6) is 0. The van der Waals surface area contributed by atoms with E-state index in [1.54, 1.807) is 18.6 Å². The molecular formula is C13H10ClN3O. The highest BCUT2D eigenvalue weighted by molar-refractivity contribution is 6.35. The molecule has 5 heteroatoms. The second-order valence-electron chi connectivity index (χ2n) is 4.07. The van der Waals surface area contributed by atoms with Crippen molar-refractivity contribution in [2.75, 3.05) is 0 Å². The molecule has 0 aliphatic carbocycles. The summed E-state index contributed by atoms with van der Waals surface area (Å²) < 4.78 is 1.54. The van der Waals surface area contributed by atoms with Crippen LogP contribution < -0.4 is 5.56 Å². The average Bonchev–Trinajstić information content (AvgIpc) is 2.74. The lowest BCUT2D eigenvalue weighted by Gasteiger charge is -2.05. The standard InChI is InChI=1S/C13H10ClN3O/c1-8-2-3-9(6-15-8)17-5-4-11-12(13(17)18)10(14)7-16-11/h2-7,16H,1H3. The summed E-state index contributed by atoms with van der Waals surface area (Å²) in [6.07, 6.45) is 5.00. The molecule has 0 saturated carbocycles. The minimum absolute atomic E-state index is 0.149. The Kier molecular flexibility index (Phi) is 2.45.